The topological polar surface area (TPSA) is 46.1 Å². The molecule has 0 unspecified atom stereocenters. The second kappa shape index (κ2) is 7.04. The van der Waals surface area contributed by atoms with Crippen LogP contribution in [-0.2, 0) is 19.5 Å². The summed E-state index contributed by atoms with van der Waals surface area (Å²) in [6.45, 7) is 14.4. The zero-order valence-corrected chi connectivity index (χ0v) is 17.1. The molecule has 144 valence electrons. The summed E-state index contributed by atoms with van der Waals surface area (Å²) in [6, 6.07) is 6.78. The zero-order chi connectivity index (χ0) is 19.1. The quantitative estimate of drug-likeness (QED) is 0.722. The number of H-pyrrole nitrogens is 1. The minimum Gasteiger partial charge on any atom is -0.494 e. The predicted octanol–water partition coefficient (Wildman–Crippen LogP) is 4.52. The lowest BCUT2D eigenvalue weighted by atomic mass is 10.0. The average molecular weight is 367 g/mol. The fraction of sp³-hybridized carbons (Fsp3) is 0.500. The Morgan fingerprint density at radius 1 is 1.26 bits per heavy atom. The van der Waals surface area contributed by atoms with E-state index in [2.05, 4.69) is 60.5 Å². The van der Waals surface area contributed by atoms with Crippen LogP contribution >= 0.6 is 0 Å². The van der Waals surface area contributed by atoms with E-state index in [0.29, 0.717) is 12.6 Å². The van der Waals surface area contributed by atoms with Crippen LogP contribution in [0.1, 0.15) is 55.0 Å². The minimum absolute atomic E-state index is 0.399. The van der Waals surface area contributed by atoms with Crippen molar-refractivity contribution >= 4 is 10.9 Å². The third kappa shape index (κ3) is 3.25. The molecule has 0 fully saturated rings. The number of benzene rings is 1. The molecule has 0 aliphatic carbocycles. The maximum absolute atomic E-state index is 5.71. The third-order valence-corrected chi connectivity index (χ3v) is 5.68. The molecule has 0 spiro atoms. The molecule has 3 aromatic rings. The smallest absolute Gasteiger partial charge is 0.120 e. The summed E-state index contributed by atoms with van der Waals surface area (Å²) in [5.74, 6) is 0.953. The Labute approximate surface area is 161 Å². The fourth-order valence-electron chi connectivity index (χ4n) is 4.29. The highest BCUT2D eigenvalue weighted by Gasteiger charge is 2.23. The van der Waals surface area contributed by atoms with Gasteiger partial charge in [-0.15, -0.1) is 0 Å². The van der Waals surface area contributed by atoms with Crippen molar-refractivity contribution in [2.24, 2.45) is 0 Å². The molecule has 2 aromatic heterocycles. The van der Waals surface area contributed by atoms with Crippen LogP contribution in [0.4, 0.5) is 0 Å². The largest absolute Gasteiger partial charge is 0.494 e. The molecule has 1 aromatic carbocycles. The number of rotatable bonds is 5. The summed E-state index contributed by atoms with van der Waals surface area (Å²) in [6.07, 6.45) is 1.06. The Morgan fingerprint density at radius 3 is 2.78 bits per heavy atom. The van der Waals surface area contributed by atoms with Crippen molar-refractivity contribution in [3.8, 4) is 5.75 Å². The van der Waals surface area contributed by atoms with E-state index in [1.165, 1.54) is 33.4 Å². The highest BCUT2D eigenvalue weighted by molar-refractivity contribution is 5.86. The van der Waals surface area contributed by atoms with Gasteiger partial charge in [0.05, 0.1) is 12.3 Å². The lowest BCUT2D eigenvalue weighted by Gasteiger charge is -2.27. The number of ether oxygens (including phenoxy) is 1. The van der Waals surface area contributed by atoms with Gasteiger partial charge in [0.15, 0.2) is 0 Å². The van der Waals surface area contributed by atoms with Gasteiger partial charge in [-0.25, -0.2) is 0 Å². The van der Waals surface area contributed by atoms with Crippen LogP contribution in [-0.4, -0.2) is 32.8 Å². The third-order valence-electron chi connectivity index (χ3n) is 5.68. The molecule has 3 heterocycles. The first-order valence-electron chi connectivity index (χ1n) is 10.0. The van der Waals surface area contributed by atoms with Crippen LogP contribution in [0.5, 0.6) is 5.75 Å². The van der Waals surface area contributed by atoms with Gasteiger partial charge in [-0.05, 0) is 58.4 Å². The van der Waals surface area contributed by atoms with Crippen molar-refractivity contribution in [2.75, 3.05) is 13.2 Å². The van der Waals surface area contributed by atoms with Gasteiger partial charge < -0.3 is 9.72 Å². The molecule has 0 bridgehead atoms. The van der Waals surface area contributed by atoms with Crippen LogP contribution in [0.3, 0.4) is 0 Å². The number of hydrogen-bond donors (Lipinski definition) is 1. The average Bonchev–Trinajstić information content (AvgIpc) is 3.14. The van der Waals surface area contributed by atoms with Crippen LogP contribution in [0.25, 0.3) is 10.9 Å². The maximum atomic E-state index is 5.71. The highest BCUT2D eigenvalue weighted by atomic mass is 16.5. The van der Waals surface area contributed by atoms with E-state index in [-0.39, 0.29) is 0 Å². The zero-order valence-electron chi connectivity index (χ0n) is 17.1. The Bertz CT molecular complexity index is 967. The molecule has 1 aliphatic rings. The van der Waals surface area contributed by atoms with Gasteiger partial charge in [0, 0.05) is 60.0 Å². The van der Waals surface area contributed by atoms with Gasteiger partial charge in [-0.2, -0.15) is 5.10 Å². The summed E-state index contributed by atoms with van der Waals surface area (Å²) in [7, 11) is 0. The molecule has 0 radical (unpaired) electrons. The van der Waals surface area contributed by atoms with Crippen molar-refractivity contribution in [3.05, 3.63) is 46.4 Å². The molecular formula is C22H30N4O. The van der Waals surface area contributed by atoms with E-state index in [4.69, 9.17) is 9.84 Å². The van der Waals surface area contributed by atoms with Gasteiger partial charge in [-0.1, -0.05) is 0 Å². The standard InChI is InChI=1S/C22H30N4O/c1-6-27-17-7-8-21-18(11-17)20-13-25(10-9-22(20)23-21)12-19-15(4)24-26(14(2)3)16(19)5/h7-8,11,14,23H,6,9-10,12-13H2,1-5H3. The lowest BCUT2D eigenvalue weighted by Crippen LogP contribution is -2.30. The van der Waals surface area contributed by atoms with Gasteiger partial charge >= 0.3 is 0 Å². The van der Waals surface area contributed by atoms with E-state index in [1.54, 1.807) is 0 Å². The first-order valence-corrected chi connectivity index (χ1v) is 10.0. The molecular weight excluding hydrogens is 336 g/mol. The van der Waals surface area contributed by atoms with Crippen LogP contribution < -0.4 is 4.74 Å². The number of aryl methyl sites for hydroxylation is 1. The summed E-state index contributed by atoms with van der Waals surface area (Å²) in [4.78, 5) is 6.16. The first kappa shape index (κ1) is 18.1. The Morgan fingerprint density at radius 2 is 2.07 bits per heavy atom. The number of nitrogens with zero attached hydrogens (tertiary/aromatic N) is 3. The summed E-state index contributed by atoms with van der Waals surface area (Å²) in [5, 5.41) is 6.06. The molecule has 4 rings (SSSR count). The molecule has 5 nitrogen and oxygen atoms in total. The van der Waals surface area contributed by atoms with E-state index in [1.807, 2.05) is 6.92 Å². The van der Waals surface area contributed by atoms with Crippen LogP contribution in [0, 0.1) is 13.8 Å². The highest BCUT2D eigenvalue weighted by Crippen LogP contribution is 2.31. The van der Waals surface area contributed by atoms with E-state index in [9.17, 15) is 0 Å². The Hall–Kier alpha value is -2.27. The molecule has 0 saturated carbocycles. The monoisotopic (exact) mass is 366 g/mol. The van der Waals surface area contributed by atoms with Crippen molar-refractivity contribution in [2.45, 2.75) is 60.2 Å². The molecule has 27 heavy (non-hydrogen) atoms. The minimum atomic E-state index is 0.399. The second-order valence-corrected chi connectivity index (χ2v) is 7.87. The number of fused-ring (bicyclic) bond motifs is 3. The van der Waals surface area contributed by atoms with Crippen LogP contribution in [0.15, 0.2) is 18.2 Å². The molecule has 1 N–H and O–H groups in total. The second-order valence-electron chi connectivity index (χ2n) is 7.87. The maximum Gasteiger partial charge on any atom is 0.120 e. The summed E-state index contributed by atoms with van der Waals surface area (Å²) < 4.78 is 7.87. The van der Waals surface area contributed by atoms with Crippen molar-refractivity contribution < 1.29 is 4.74 Å². The Balaban J connectivity index is 1.61. The van der Waals surface area contributed by atoms with Gasteiger partial charge in [-0.3, -0.25) is 9.58 Å². The van der Waals surface area contributed by atoms with E-state index >= 15 is 0 Å². The molecule has 0 saturated heterocycles. The van der Waals surface area contributed by atoms with Crippen molar-refractivity contribution in [1.29, 1.82) is 0 Å². The van der Waals surface area contributed by atoms with Gasteiger partial charge in [0.1, 0.15) is 5.75 Å². The predicted molar refractivity (Wildman–Crippen MR) is 109 cm³/mol. The van der Waals surface area contributed by atoms with Gasteiger partial charge in [0.25, 0.3) is 0 Å². The van der Waals surface area contributed by atoms with E-state index in [0.717, 1.165) is 37.5 Å². The van der Waals surface area contributed by atoms with Crippen molar-refractivity contribution in [3.63, 3.8) is 0 Å². The number of hydrogen-bond acceptors (Lipinski definition) is 3. The summed E-state index contributed by atoms with van der Waals surface area (Å²) in [5.41, 5.74) is 7.84. The van der Waals surface area contributed by atoms with E-state index < -0.39 is 0 Å². The number of aromatic nitrogens is 3. The first-order chi connectivity index (χ1) is 13.0. The number of aromatic amines is 1. The molecule has 1 aliphatic heterocycles. The lowest BCUT2D eigenvalue weighted by molar-refractivity contribution is 0.244. The summed E-state index contributed by atoms with van der Waals surface area (Å²) >= 11 is 0. The molecule has 0 atom stereocenters. The SMILES string of the molecule is CCOc1ccc2[nH]c3c(c2c1)CN(Cc1c(C)nn(C(C)C)c1C)CC3. The molecule has 5 heteroatoms. The van der Waals surface area contributed by atoms with Crippen LogP contribution in [0.2, 0.25) is 0 Å². The normalized spacial score (nSPS) is 14.9. The Kier molecular flexibility index (Phi) is 4.72. The fourth-order valence-corrected chi connectivity index (χ4v) is 4.29. The van der Waals surface area contributed by atoms with Crippen molar-refractivity contribution in [1.82, 2.24) is 19.7 Å². The molecule has 0 amide bonds. The number of nitrogens with one attached hydrogen (secondary N) is 1. The van der Waals surface area contributed by atoms with Gasteiger partial charge in [0.2, 0.25) is 0 Å².